The number of hydrogen-bond donors (Lipinski definition) is 2. The summed E-state index contributed by atoms with van der Waals surface area (Å²) in [6, 6.07) is 11.7. The summed E-state index contributed by atoms with van der Waals surface area (Å²) >= 11 is 1.58. The van der Waals surface area contributed by atoms with Gasteiger partial charge in [-0.3, -0.25) is 4.79 Å². The zero-order valence-corrected chi connectivity index (χ0v) is 23.4. The van der Waals surface area contributed by atoms with E-state index >= 15 is 0 Å². The van der Waals surface area contributed by atoms with Gasteiger partial charge in [0.1, 0.15) is 18.5 Å². The van der Waals surface area contributed by atoms with E-state index in [-0.39, 0.29) is 24.7 Å². The molecule has 0 saturated carbocycles. The molecule has 1 aromatic heterocycles. The Hall–Kier alpha value is -3.52. The Morgan fingerprint density at radius 2 is 2.00 bits per heavy atom. The number of thioether (sulfide) groups is 1. The summed E-state index contributed by atoms with van der Waals surface area (Å²) in [5, 5.41) is 6.86. The molecule has 214 valence electrons. The second-order valence-corrected chi connectivity index (χ2v) is 10.3. The molecular weight excluding hydrogens is 544 g/mol. The van der Waals surface area contributed by atoms with Gasteiger partial charge in [0.15, 0.2) is 0 Å². The first-order chi connectivity index (χ1) is 19.1. The molecule has 2 atom stereocenters. The number of hydrogen-bond acceptors (Lipinski definition) is 5. The van der Waals surface area contributed by atoms with Gasteiger partial charge in [0, 0.05) is 28.9 Å². The predicted octanol–water partition coefficient (Wildman–Crippen LogP) is 6.16. The van der Waals surface area contributed by atoms with E-state index in [9.17, 15) is 22.4 Å². The Morgan fingerprint density at radius 1 is 1.20 bits per heavy atom. The van der Waals surface area contributed by atoms with Crippen LogP contribution in [0.2, 0.25) is 0 Å². The number of aromatic nitrogens is 1. The van der Waals surface area contributed by atoms with E-state index in [0.717, 1.165) is 15.1 Å². The zero-order valence-electron chi connectivity index (χ0n) is 22.6. The number of methoxy groups -OCH3 is 1. The molecule has 0 spiro atoms. The Balaban J connectivity index is 1.58. The van der Waals surface area contributed by atoms with Crippen molar-refractivity contribution in [3.8, 4) is 17.6 Å². The third-order valence-corrected chi connectivity index (χ3v) is 7.54. The smallest absolute Gasteiger partial charge is 0.406 e. The number of ether oxygens (including phenoxy) is 1. The highest BCUT2D eigenvalue weighted by Gasteiger charge is 2.32. The third-order valence-electron chi connectivity index (χ3n) is 6.81. The number of benzene rings is 2. The average molecular weight is 577 g/mol. The maximum Gasteiger partial charge on any atom is 0.406 e. The van der Waals surface area contributed by atoms with Gasteiger partial charge in [-0.25, -0.2) is 4.39 Å². The Labute approximate surface area is 235 Å². The fourth-order valence-electron chi connectivity index (χ4n) is 4.80. The first-order valence-corrected chi connectivity index (χ1v) is 14.2. The molecule has 2 aromatic carbocycles. The molecule has 0 aliphatic carbocycles. The molecule has 0 bridgehead atoms. The van der Waals surface area contributed by atoms with Crippen molar-refractivity contribution in [3.05, 3.63) is 48.2 Å². The molecule has 2 heterocycles. The Kier molecular flexibility index (Phi) is 9.40. The molecule has 1 aliphatic rings. The summed E-state index contributed by atoms with van der Waals surface area (Å²) in [5.74, 6) is 6.35. The minimum atomic E-state index is -4.46. The molecule has 1 aliphatic heterocycles. The first kappa shape index (κ1) is 29.5. The highest BCUT2D eigenvalue weighted by Crippen LogP contribution is 2.32. The van der Waals surface area contributed by atoms with Gasteiger partial charge in [0.05, 0.1) is 43.1 Å². The summed E-state index contributed by atoms with van der Waals surface area (Å²) in [6.45, 7) is 1.13. The van der Waals surface area contributed by atoms with Crippen LogP contribution in [0.25, 0.3) is 10.9 Å². The van der Waals surface area contributed by atoms with Crippen LogP contribution in [0.3, 0.4) is 0 Å². The van der Waals surface area contributed by atoms with E-state index in [0.29, 0.717) is 41.7 Å². The molecule has 1 fully saturated rings. The summed E-state index contributed by atoms with van der Waals surface area (Å²) < 4.78 is 62.2. The molecule has 0 unspecified atom stereocenters. The fraction of sp³-hybridized carbons (Fsp3) is 0.414. The molecule has 40 heavy (non-hydrogen) atoms. The predicted molar refractivity (Wildman–Crippen MR) is 152 cm³/mol. The lowest BCUT2D eigenvalue weighted by molar-refractivity contribution is -0.140. The number of anilines is 2. The quantitative estimate of drug-likeness (QED) is 0.191. The van der Waals surface area contributed by atoms with E-state index in [4.69, 9.17) is 4.74 Å². The summed E-state index contributed by atoms with van der Waals surface area (Å²) in [7, 11) is 1.57. The number of fused-ring (bicyclic) bond motifs is 1. The van der Waals surface area contributed by atoms with Crippen molar-refractivity contribution in [2.24, 2.45) is 0 Å². The number of amides is 1. The van der Waals surface area contributed by atoms with Crippen LogP contribution in [-0.2, 0) is 11.3 Å². The van der Waals surface area contributed by atoms with Gasteiger partial charge >= 0.3 is 6.18 Å². The van der Waals surface area contributed by atoms with Crippen LogP contribution in [-0.4, -0.2) is 66.8 Å². The van der Waals surface area contributed by atoms with Crippen molar-refractivity contribution >= 4 is 39.9 Å². The number of nitrogens with one attached hydrogen (secondary N) is 2. The molecule has 1 saturated heterocycles. The lowest BCUT2D eigenvalue weighted by Crippen LogP contribution is -2.49. The molecule has 0 radical (unpaired) electrons. The summed E-state index contributed by atoms with van der Waals surface area (Å²) in [5.41, 5.74) is 1.81. The van der Waals surface area contributed by atoms with Gasteiger partial charge in [-0.2, -0.15) is 13.2 Å². The monoisotopic (exact) mass is 576 g/mol. The van der Waals surface area contributed by atoms with Crippen molar-refractivity contribution < 1.29 is 27.1 Å². The van der Waals surface area contributed by atoms with Crippen LogP contribution in [0.4, 0.5) is 28.9 Å². The Bertz CT molecular complexity index is 1410. The van der Waals surface area contributed by atoms with E-state index in [1.807, 2.05) is 24.5 Å². The number of halogens is 4. The fourth-order valence-corrected chi connectivity index (χ4v) is 5.23. The average Bonchev–Trinajstić information content (AvgIpc) is 3.28. The zero-order chi connectivity index (χ0) is 28.9. The van der Waals surface area contributed by atoms with Gasteiger partial charge in [-0.05, 0) is 55.0 Å². The SMILES string of the molecule is CCC(=O)N1CC[C@@H](Nc2cccc3c2cc(C#CCNc2ccc(SC)cc2OC)n3CC(F)(F)F)[C@@H](F)C1. The highest BCUT2D eigenvalue weighted by molar-refractivity contribution is 7.98. The molecule has 1 amide bonds. The van der Waals surface area contributed by atoms with Gasteiger partial charge in [0.25, 0.3) is 0 Å². The first-order valence-electron chi connectivity index (χ1n) is 13.0. The minimum Gasteiger partial charge on any atom is -0.495 e. The van der Waals surface area contributed by atoms with Crippen LogP contribution in [0.15, 0.2) is 47.4 Å². The second kappa shape index (κ2) is 12.8. The number of carbonyl (C=O) groups is 1. The van der Waals surface area contributed by atoms with Gasteiger partial charge < -0.3 is 24.8 Å². The van der Waals surface area contributed by atoms with E-state index in [1.54, 1.807) is 50.1 Å². The second-order valence-electron chi connectivity index (χ2n) is 9.44. The van der Waals surface area contributed by atoms with Gasteiger partial charge in [0.2, 0.25) is 5.91 Å². The van der Waals surface area contributed by atoms with E-state index < -0.39 is 24.9 Å². The lowest BCUT2D eigenvalue weighted by atomic mass is 10.0. The van der Waals surface area contributed by atoms with Crippen LogP contribution in [0.1, 0.15) is 25.5 Å². The minimum absolute atomic E-state index is 0.01000. The number of nitrogens with zero attached hydrogens (tertiary/aromatic N) is 2. The maximum absolute atomic E-state index is 15.0. The molecule has 2 N–H and O–H groups in total. The van der Waals surface area contributed by atoms with Gasteiger partial charge in [-0.1, -0.05) is 18.9 Å². The normalized spacial score (nSPS) is 17.3. The highest BCUT2D eigenvalue weighted by atomic mass is 32.2. The molecule has 11 heteroatoms. The standard InChI is InChI=1S/C29H32F4N4O2S/c1-4-28(38)36-14-12-24(22(30)17-36)35-23-8-5-9-26-21(23)15-19(37(26)18-29(31,32)33)7-6-13-34-25-11-10-20(40-3)16-27(25)39-2/h5,8-11,15-16,22,24,34-35H,4,12-14,17-18H2,1-3H3/t22-,24+/m0/s1. The van der Waals surface area contributed by atoms with Crippen molar-refractivity contribution in [1.29, 1.82) is 0 Å². The number of rotatable bonds is 8. The van der Waals surface area contributed by atoms with E-state index in [1.165, 1.54) is 4.90 Å². The van der Waals surface area contributed by atoms with Crippen molar-refractivity contribution in [3.63, 3.8) is 0 Å². The maximum atomic E-state index is 15.0. The van der Waals surface area contributed by atoms with Crippen molar-refractivity contribution in [2.45, 2.75) is 49.6 Å². The van der Waals surface area contributed by atoms with Crippen molar-refractivity contribution in [2.75, 3.05) is 43.6 Å². The molecule has 6 nitrogen and oxygen atoms in total. The third kappa shape index (κ3) is 6.97. The van der Waals surface area contributed by atoms with Crippen LogP contribution < -0.4 is 15.4 Å². The largest absolute Gasteiger partial charge is 0.495 e. The Morgan fingerprint density at radius 3 is 2.67 bits per heavy atom. The lowest BCUT2D eigenvalue weighted by Gasteiger charge is -2.35. The van der Waals surface area contributed by atoms with Gasteiger partial charge in [-0.15, -0.1) is 11.8 Å². The molecule has 3 aromatic rings. The number of piperidine rings is 1. The summed E-state index contributed by atoms with van der Waals surface area (Å²) in [6.07, 6.45) is -3.09. The summed E-state index contributed by atoms with van der Waals surface area (Å²) in [4.78, 5) is 14.5. The number of likely N-dealkylation sites (tertiary alicyclic amines) is 1. The molecule has 4 rings (SSSR count). The van der Waals surface area contributed by atoms with Crippen molar-refractivity contribution in [1.82, 2.24) is 9.47 Å². The molecular formula is C29H32F4N4O2S. The van der Waals surface area contributed by atoms with Crippen LogP contribution in [0, 0.1) is 11.8 Å². The topological polar surface area (TPSA) is 58.5 Å². The van der Waals surface area contributed by atoms with Crippen LogP contribution in [0.5, 0.6) is 5.75 Å². The number of carbonyl (C=O) groups excluding carboxylic acids is 1. The van der Waals surface area contributed by atoms with Crippen LogP contribution >= 0.6 is 11.8 Å². The number of alkyl halides is 4. The van der Waals surface area contributed by atoms with E-state index in [2.05, 4.69) is 22.5 Å².